The van der Waals surface area contributed by atoms with E-state index >= 15 is 0 Å². The van der Waals surface area contributed by atoms with E-state index < -0.39 is 10.8 Å². The fourth-order valence-electron chi connectivity index (χ4n) is 1.75. The standard InChI is InChI=1S/C14H22ClNOS/c1-11(16-9-8-12(2)18(3)17)10-13-4-6-14(15)7-5-13/h4-7,11-12,16H,8-10H2,1-3H3. The quantitative estimate of drug-likeness (QED) is 0.835. The molecule has 0 heterocycles. The van der Waals surface area contributed by atoms with Gasteiger partial charge in [0.1, 0.15) is 0 Å². The fourth-order valence-corrected chi connectivity index (χ4v) is 2.32. The van der Waals surface area contributed by atoms with Crippen molar-refractivity contribution in [1.82, 2.24) is 5.32 Å². The summed E-state index contributed by atoms with van der Waals surface area (Å²) in [6.07, 6.45) is 3.70. The first-order valence-electron chi connectivity index (χ1n) is 6.29. The van der Waals surface area contributed by atoms with Gasteiger partial charge in [-0.25, -0.2) is 0 Å². The van der Waals surface area contributed by atoms with Crippen LogP contribution in [-0.2, 0) is 17.2 Å². The number of hydrogen-bond acceptors (Lipinski definition) is 2. The first kappa shape index (κ1) is 15.7. The molecule has 0 aromatic heterocycles. The van der Waals surface area contributed by atoms with E-state index in [2.05, 4.69) is 24.4 Å². The molecule has 2 nitrogen and oxygen atoms in total. The highest BCUT2D eigenvalue weighted by Crippen LogP contribution is 2.11. The van der Waals surface area contributed by atoms with Crippen LogP contribution in [0, 0.1) is 0 Å². The molecule has 0 fully saturated rings. The van der Waals surface area contributed by atoms with Crippen LogP contribution in [0.1, 0.15) is 25.8 Å². The zero-order valence-corrected chi connectivity index (χ0v) is 12.9. The van der Waals surface area contributed by atoms with Crippen molar-refractivity contribution in [2.24, 2.45) is 0 Å². The second kappa shape index (κ2) is 7.93. The number of nitrogens with one attached hydrogen (secondary N) is 1. The highest BCUT2D eigenvalue weighted by Gasteiger charge is 2.07. The van der Waals surface area contributed by atoms with Crippen LogP contribution in [0.5, 0.6) is 0 Å². The van der Waals surface area contributed by atoms with Crippen LogP contribution in [-0.4, -0.2) is 28.3 Å². The lowest BCUT2D eigenvalue weighted by Gasteiger charge is -2.15. The second-order valence-electron chi connectivity index (χ2n) is 4.78. The second-order valence-corrected chi connectivity index (χ2v) is 7.02. The molecule has 1 N–H and O–H groups in total. The van der Waals surface area contributed by atoms with Crippen LogP contribution in [0.3, 0.4) is 0 Å². The summed E-state index contributed by atoms with van der Waals surface area (Å²) in [4.78, 5) is 0. The highest BCUT2D eigenvalue weighted by molar-refractivity contribution is 7.84. The lowest BCUT2D eigenvalue weighted by atomic mass is 10.1. The lowest BCUT2D eigenvalue weighted by Crippen LogP contribution is -2.31. The van der Waals surface area contributed by atoms with E-state index in [0.717, 1.165) is 24.4 Å². The molecule has 1 rings (SSSR count). The minimum Gasteiger partial charge on any atom is -0.314 e. The van der Waals surface area contributed by atoms with Crippen LogP contribution in [0.2, 0.25) is 5.02 Å². The Hall–Kier alpha value is -0.380. The minimum absolute atomic E-state index is 0.264. The van der Waals surface area contributed by atoms with Crippen LogP contribution in [0.15, 0.2) is 24.3 Å². The maximum Gasteiger partial charge on any atom is 0.0406 e. The van der Waals surface area contributed by atoms with Gasteiger partial charge >= 0.3 is 0 Å². The van der Waals surface area contributed by atoms with Crippen molar-refractivity contribution >= 4 is 22.4 Å². The number of rotatable bonds is 7. The van der Waals surface area contributed by atoms with Gasteiger partial charge in [-0.3, -0.25) is 4.21 Å². The summed E-state index contributed by atoms with van der Waals surface area (Å²) in [5, 5.41) is 4.50. The fraction of sp³-hybridized carbons (Fsp3) is 0.571. The molecule has 1 aromatic rings. The molecule has 4 heteroatoms. The summed E-state index contributed by atoms with van der Waals surface area (Å²) < 4.78 is 11.2. The molecule has 3 unspecified atom stereocenters. The summed E-state index contributed by atoms with van der Waals surface area (Å²) >= 11 is 5.85. The molecular formula is C14H22ClNOS. The van der Waals surface area contributed by atoms with Gasteiger partial charge in [-0.05, 0) is 44.0 Å². The molecule has 0 spiro atoms. The van der Waals surface area contributed by atoms with Gasteiger partial charge in [0.2, 0.25) is 0 Å². The number of hydrogen-bond donors (Lipinski definition) is 1. The Kier molecular flexibility index (Phi) is 6.90. The number of benzene rings is 1. The van der Waals surface area contributed by atoms with Crippen LogP contribution in [0.4, 0.5) is 0 Å². The maximum absolute atomic E-state index is 11.2. The van der Waals surface area contributed by atoms with Gasteiger partial charge in [0.25, 0.3) is 0 Å². The predicted molar refractivity (Wildman–Crippen MR) is 80.8 cm³/mol. The van der Waals surface area contributed by atoms with Crippen LogP contribution in [0.25, 0.3) is 0 Å². The predicted octanol–water partition coefficient (Wildman–Crippen LogP) is 3.02. The summed E-state index contributed by atoms with van der Waals surface area (Å²) in [7, 11) is -0.720. The Morgan fingerprint density at radius 1 is 1.28 bits per heavy atom. The molecular weight excluding hydrogens is 266 g/mol. The Labute approximate surface area is 118 Å². The zero-order valence-electron chi connectivity index (χ0n) is 11.3. The minimum atomic E-state index is -0.720. The molecule has 0 saturated carbocycles. The molecule has 0 bridgehead atoms. The van der Waals surface area contributed by atoms with Gasteiger partial charge in [0.15, 0.2) is 0 Å². The van der Waals surface area contributed by atoms with Crippen molar-refractivity contribution in [3.8, 4) is 0 Å². The summed E-state index contributed by atoms with van der Waals surface area (Å²) in [5.41, 5.74) is 1.28. The lowest BCUT2D eigenvalue weighted by molar-refractivity contribution is 0.531. The van der Waals surface area contributed by atoms with Gasteiger partial charge in [-0.1, -0.05) is 30.7 Å². The Bertz CT molecular complexity index is 380. The van der Waals surface area contributed by atoms with Gasteiger partial charge in [0, 0.05) is 33.4 Å². The van der Waals surface area contributed by atoms with E-state index in [0.29, 0.717) is 6.04 Å². The molecule has 3 atom stereocenters. The van der Waals surface area contributed by atoms with Crippen LogP contribution < -0.4 is 5.32 Å². The first-order valence-corrected chi connectivity index (χ1v) is 8.29. The highest BCUT2D eigenvalue weighted by atomic mass is 35.5. The average molecular weight is 288 g/mol. The molecule has 0 aliphatic rings. The monoisotopic (exact) mass is 287 g/mol. The first-order chi connectivity index (χ1) is 8.49. The van der Waals surface area contributed by atoms with Crippen molar-refractivity contribution in [2.75, 3.05) is 12.8 Å². The van der Waals surface area contributed by atoms with E-state index in [9.17, 15) is 4.21 Å². The molecule has 0 aliphatic heterocycles. The van der Waals surface area contributed by atoms with Crippen molar-refractivity contribution in [1.29, 1.82) is 0 Å². The van der Waals surface area contributed by atoms with E-state index in [1.165, 1.54) is 5.56 Å². The summed E-state index contributed by atoms with van der Waals surface area (Å²) in [6, 6.07) is 8.38. The van der Waals surface area contributed by atoms with Crippen molar-refractivity contribution in [2.45, 2.75) is 38.0 Å². The zero-order chi connectivity index (χ0) is 13.5. The summed E-state index contributed by atoms with van der Waals surface area (Å²) in [5.74, 6) is 0. The van der Waals surface area contributed by atoms with Crippen molar-refractivity contribution in [3.05, 3.63) is 34.9 Å². The molecule has 0 amide bonds. The van der Waals surface area contributed by atoms with Gasteiger partial charge < -0.3 is 5.32 Å². The molecule has 102 valence electrons. The Morgan fingerprint density at radius 3 is 2.44 bits per heavy atom. The van der Waals surface area contributed by atoms with Crippen molar-refractivity contribution < 1.29 is 4.21 Å². The van der Waals surface area contributed by atoms with E-state index in [4.69, 9.17) is 11.6 Å². The maximum atomic E-state index is 11.2. The van der Waals surface area contributed by atoms with E-state index in [1.54, 1.807) is 6.26 Å². The Balaban J connectivity index is 2.27. The smallest absolute Gasteiger partial charge is 0.0406 e. The largest absolute Gasteiger partial charge is 0.314 e. The molecule has 18 heavy (non-hydrogen) atoms. The molecule has 1 aromatic carbocycles. The van der Waals surface area contributed by atoms with Gasteiger partial charge in [0.05, 0.1) is 0 Å². The Morgan fingerprint density at radius 2 is 1.89 bits per heavy atom. The number of halogens is 1. The SMILES string of the molecule is CC(Cc1ccc(Cl)cc1)NCCC(C)S(C)=O. The van der Waals surface area contributed by atoms with Crippen molar-refractivity contribution in [3.63, 3.8) is 0 Å². The van der Waals surface area contributed by atoms with E-state index in [1.807, 2.05) is 19.1 Å². The third kappa shape index (κ3) is 5.98. The molecule has 0 aliphatic carbocycles. The van der Waals surface area contributed by atoms with Gasteiger partial charge in [-0.15, -0.1) is 0 Å². The average Bonchev–Trinajstić information content (AvgIpc) is 2.32. The summed E-state index contributed by atoms with van der Waals surface area (Å²) in [6.45, 7) is 5.11. The van der Waals surface area contributed by atoms with E-state index in [-0.39, 0.29) is 5.25 Å². The van der Waals surface area contributed by atoms with Crippen LogP contribution >= 0.6 is 11.6 Å². The normalized spacial score (nSPS) is 16.2. The van der Waals surface area contributed by atoms with Gasteiger partial charge in [-0.2, -0.15) is 0 Å². The third-order valence-corrected chi connectivity index (χ3v) is 4.69. The topological polar surface area (TPSA) is 29.1 Å². The third-order valence-electron chi connectivity index (χ3n) is 3.07. The molecule has 0 saturated heterocycles. The molecule has 0 radical (unpaired) electrons.